The Labute approximate surface area is 161 Å². The molecule has 0 atom stereocenters. The first kappa shape index (κ1) is 19.6. The van der Waals surface area contributed by atoms with Crippen molar-refractivity contribution in [3.05, 3.63) is 57.8 Å². The summed E-state index contributed by atoms with van der Waals surface area (Å²) in [5.74, 6) is -0.994. The molecule has 3 aromatic rings. The average molecular weight is 387 g/mol. The largest absolute Gasteiger partial charge is 0.463 e. The smallest absolute Gasteiger partial charge is 0.282 e. The van der Waals surface area contributed by atoms with Gasteiger partial charge in [0.15, 0.2) is 5.58 Å². The number of furan rings is 1. The molecule has 0 saturated heterocycles. The quantitative estimate of drug-likeness (QED) is 0.476. The van der Waals surface area contributed by atoms with Crippen molar-refractivity contribution in [1.29, 1.82) is 0 Å². The molecule has 8 heteroatoms. The molecule has 0 aliphatic heterocycles. The van der Waals surface area contributed by atoms with Crippen LogP contribution in [0.2, 0.25) is 0 Å². The molecule has 3 rings (SSSR count). The lowest BCUT2D eigenvalue weighted by atomic mass is 10.1. The molecule has 1 aromatic carbocycles. The lowest BCUT2D eigenvalue weighted by Gasteiger charge is -2.17. The predicted molar refractivity (Wildman–Crippen MR) is 104 cm³/mol. The van der Waals surface area contributed by atoms with Crippen LogP contribution < -0.4 is 16.4 Å². The summed E-state index contributed by atoms with van der Waals surface area (Å²) in [6.07, 6.45) is 3.03. The van der Waals surface area contributed by atoms with E-state index in [9.17, 15) is 14.0 Å². The summed E-state index contributed by atoms with van der Waals surface area (Å²) in [4.78, 5) is 30.6. The van der Waals surface area contributed by atoms with Crippen LogP contribution in [0.1, 0.15) is 35.7 Å². The van der Waals surface area contributed by atoms with Gasteiger partial charge in [-0.05, 0) is 37.1 Å². The van der Waals surface area contributed by atoms with Crippen LogP contribution in [0.4, 0.5) is 15.9 Å². The SMILES string of the molecule is CCCCONC(=O)c1c(Nc2ccc(C)cc2F)n(C)c(=O)c2ccoc12. The van der Waals surface area contributed by atoms with Gasteiger partial charge in [0.25, 0.3) is 11.5 Å². The van der Waals surface area contributed by atoms with E-state index in [2.05, 4.69) is 10.8 Å². The number of hydrogen-bond acceptors (Lipinski definition) is 5. The Bertz CT molecular complexity index is 1070. The van der Waals surface area contributed by atoms with Crippen LogP contribution in [-0.2, 0) is 11.9 Å². The average Bonchev–Trinajstić information content (AvgIpc) is 3.14. The second-order valence-corrected chi connectivity index (χ2v) is 6.49. The minimum atomic E-state index is -0.596. The molecule has 0 aliphatic carbocycles. The minimum absolute atomic E-state index is 0.0542. The maximum Gasteiger partial charge on any atom is 0.282 e. The van der Waals surface area contributed by atoms with Crippen molar-refractivity contribution < 1.29 is 18.4 Å². The molecule has 2 N–H and O–H groups in total. The van der Waals surface area contributed by atoms with Crippen molar-refractivity contribution >= 4 is 28.4 Å². The number of amides is 1. The van der Waals surface area contributed by atoms with Gasteiger partial charge in [-0.1, -0.05) is 19.4 Å². The first-order chi connectivity index (χ1) is 13.4. The minimum Gasteiger partial charge on any atom is -0.463 e. The number of carbonyl (C=O) groups is 1. The number of carbonyl (C=O) groups excluding carboxylic acids is 1. The Balaban J connectivity index is 2.08. The van der Waals surface area contributed by atoms with Gasteiger partial charge in [0.05, 0.1) is 23.9 Å². The van der Waals surface area contributed by atoms with E-state index in [4.69, 9.17) is 9.25 Å². The van der Waals surface area contributed by atoms with Crippen molar-refractivity contribution in [2.75, 3.05) is 11.9 Å². The first-order valence-corrected chi connectivity index (χ1v) is 8.99. The molecule has 0 radical (unpaired) electrons. The molecule has 0 unspecified atom stereocenters. The molecule has 0 saturated carbocycles. The molecule has 0 aliphatic rings. The number of anilines is 2. The summed E-state index contributed by atoms with van der Waals surface area (Å²) in [7, 11) is 1.50. The number of unbranched alkanes of at least 4 members (excludes halogenated alkanes) is 1. The number of hydroxylamine groups is 1. The number of hydrogen-bond donors (Lipinski definition) is 2. The van der Waals surface area contributed by atoms with E-state index in [1.54, 1.807) is 19.1 Å². The first-order valence-electron chi connectivity index (χ1n) is 8.99. The van der Waals surface area contributed by atoms with Gasteiger partial charge in [0, 0.05) is 7.05 Å². The lowest BCUT2D eigenvalue weighted by Crippen LogP contribution is -2.29. The Morgan fingerprint density at radius 2 is 2.11 bits per heavy atom. The van der Waals surface area contributed by atoms with Crippen LogP contribution in [0.25, 0.3) is 11.0 Å². The Morgan fingerprint density at radius 1 is 1.32 bits per heavy atom. The predicted octanol–water partition coefficient (Wildman–Crippen LogP) is 3.78. The van der Waals surface area contributed by atoms with Crippen LogP contribution in [0, 0.1) is 12.7 Å². The van der Waals surface area contributed by atoms with Gasteiger partial charge >= 0.3 is 0 Å². The molecule has 28 heavy (non-hydrogen) atoms. The summed E-state index contributed by atoms with van der Waals surface area (Å²) < 4.78 is 21.0. The molecular formula is C20H22FN3O4. The highest BCUT2D eigenvalue weighted by molar-refractivity contribution is 6.09. The molecule has 148 valence electrons. The molecule has 7 nitrogen and oxygen atoms in total. The highest BCUT2D eigenvalue weighted by Crippen LogP contribution is 2.28. The third-order valence-electron chi connectivity index (χ3n) is 4.37. The van der Waals surface area contributed by atoms with Gasteiger partial charge in [-0.3, -0.25) is 19.0 Å². The maximum atomic E-state index is 14.3. The van der Waals surface area contributed by atoms with E-state index in [0.29, 0.717) is 6.61 Å². The van der Waals surface area contributed by atoms with E-state index in [-0.39, 0.29) is 33.6 Å². The van der Waals surface area contributed by atoms with E-state index in [1.165, 1.54) is 30.0 Å². The molecular weight excluding hydrogens is 365 g/mol. The van der Waals surface area contributed by atoms with Gasteiger partial charge in [-0.25, -0.2) is 9.87 Å². The standard InChI is InChI=1S/C20H22FN3O4/c1-4-5-9-28-23-19(25)16-17-13(8-10-27-17)20(26)24(3)18(16)22-15-7-6-12(2)11-14(15)21/h6-8,10-11,22H,4-5,9H2,1-3H3,(H,23,25). The van der Waals surface area contributed by atoms with Gasteiger partial charge in [0.1, 0.15) is 17.2 Å². The number of aromatic nitrogens is 1. The summed E-state index contributed by atoms with van der Waals surface area (Å²) in [6.45, 7) is 4.12. The number of halogens is 1. The van der Waals surface area contributed by atoms with Gasteiger partial charge in [-0.2, -0.15) is 0 Å². The summed E-state index contributed by atoms with van der Waals surface area (Å²) in [6, 6.07) is 6.12. The molecule has 0 bridgehead atoms. The summed E-state index contributed by atoms with van der Waals surface area (Å²) >= 11 is 0. The second-order valence-electron chi connectivity index (χ2n) is 6.49. The van der Waals surface area contributed by atoms with Crippen molar-refractivity contribution in [3.8, 4) is 0 Å². The van der Waals surface area contributed by atoms with Crippen LogP contribution in [0.5, 0.6) is 0 Å². The normalized spacial score (nSPS) is 11.0. The Morgan fingerprint density at radius 3 is 2.82 bits per heavy atom. The summed E-state index contributed by atoms with van der Waals surface area (Å²) in [5, 5.41) is 3.10. The van der Waals surface area contributed by atoms with E-state index in [0.717, 1.165) is 18.4 Å². The molecule has 2 aromatic heterocycles. The highest BCUT2D eigenvalue weighted by atomic mass is 19.1. The van der Waals surface area contributed by atoms with Crippen LogP contribution in [0.15, 0.2) is 39.7 Å². The Kier molecular flexibility index (Phi) is 5.79. The van der Waals surface area contributed by atoms with Crippen LogP contribution in [0.3, 0.4) is 0 Å². The van der Waals surface area contributed by atoms with Gasteiger partial charge in [0.2, 0.25) is 0 Å². The van der Waals surface area contributed by atoms with Crippen LogP contribution in [-0.4, -0.2) is 17.1 Å². The number of aryl methyl sites for hydroxylation is 1. The number of fused-ring (bicyclic) bond motifs is 1. The van der Waals surface area contributed by atoms with Gasteiger partial charge in [-0.15, -0.1) is 0 Å². The third kappa shape index (κ3) is 3.77. The Hall–Kier alpha value is -3.13. The number of rotatable bonds is 7. The number of pyridine rings is 1. The summed E-state index contributed by atoms with van der Waals surface area (Å²) in [5.41, 5.74) is 3.03. The highest BCUT2D eigenvalue weighted by Gasteiger charge is 2.24. The number of nitrogens with zero attached hydrogens (tertiary/aromatic N) is 1. The monoisotopic (exact) mass is 387 g/mol. The zero-order valence-corrected chi connectivity index (χ0v) is 16.0. The zero-order chi connectivity index (χ0) is 20.3. The molecule has 2 heterocycles. The lowest BCUT2D eigenvalue weighted by molar-refractivity contribution is 0.0303. The number of benzene rings is 1. The second kappa shape index (κ2) is 8.26. The molecule has 1 amide bonds. The van der Waals surface area contributed by atoms with Crippen LogP contribution >= 0.6 is 0 Å². The van der Waals surface area contributed by atoms with Crippen molar-refractivity contribution in [1.82, 2.24) is 10.0 Å². The fourth-order valence-electron chi connectivity index (χ4n) is 2.82. The van der Waals surface area contributed by atoms with Crippen molar-refractivity contribution in [3.63, 3.8) is 0 Å². The van der Waals surface area contributed by atoms with E-state index in [1.807, 2.05) is 6.92 Å². The van der Waals surface area contributed by atoms with E-state index >= 15 is 0 Å². The molecule has 0 spiro atoms. The molecule has 0 fully saturated rings. The topological polar surface area (TPSA) is 85.5 Å². The third-order valence-corrected chi connectivity index (χ3v) is 4.37. The van der Waals surface area contributed by atoms with Crippen molar-refractivity contribution in [2.45, 2.75) is 26.7 Å². The maximum absolute atomic E-state index is 14.3. The fraction of sp³-hybridized carbons (Fsp3) is 0.300. The number of nitrogens with one attached hydrogen (secondary N) is 2. The van der Waals surface area contributed by atoms with E-state index < -0.39 is 11.7 Å². The van der Waals surface area contributed by atoms with Gasteiger partial charge < -0.3 is 9.73 Å². The fourth-order valence-corrected chi connectivity index (χ4v) is 2.82. The van der Waals surface area contributed by atoms with Crippen molar-refractivity contribution in [2.24, 2.45) is 7.05 Å². The zero-order valence-electron chi connectivity index (χ0n) is 16.0.